The quantitative estimate of drug-likeness (QED) is 0.632. The molecule has 0 fully saturated rings. The van der Waals surface area contributed by atoms with Gasteiger partial charge in [0.1, 0.15) is 0 Å². The van der Waals surface area contributed by atoms with Crippen LogP contribution in [0.25, 0.3) is 0 Å². The largest absolute Gasteiger partial charge is 0.338 e. The fourth-order valence-electron chi connectivity index (χ4n) is 1.31. The van der Waals surface area contributed by atoms with Crippen molar-refractivity contribution in [2.45, 2.75) is 19.4 Å². The summed E-state index contributed by atoms with van der Waals surface area (Å²) in [6.07, 6.45) is 1.87. The molecule has 0 aromatic heterocycles. The first-order chi connectivity index (χ1) is 7.83. The molecule has 1 aromatic carbocycles. The number of rotatable bonds is 6. The van der Waals surface area contributed by atoms with E-state index in [0.29, 0.717) is 19.6 Å². The minimum Gasteiger partial charge on any atom is -0.338 e. The van der Waals surface area contributed by atoms with Crippen LogP contribution in [0.1, 0.15) is 18.4 Å². The lowest BCUT2D eigenvalue weighted by molar-refractivity contribution is 0.240. The highest BCUT2D eigenvalue weighted by atomic mass is 16.2. The molecule has 1 rings (SSSR count). The van der Waals surface area contributed by atoms with Gasteiger partial charge >= 0.3 is 6.03 Å². The van der Waals surface area contributed by atoms with Crippen LogP contribution in [0.4, 0.5) is 4.79 Å². The summed E-state index contributed by atoms with van der Waals surface area (Å²) >= 11 is 0. The molecular weight excluding hydrogens is 202 g/mol. The number of carbonyl (C=O) groups is 1. The summed E-state index contributed by atoms with van der Waals surface area (Å²) in [5.41, 5.74) is 6.45. The van der Waals surface area contributed by atoms with Gasteiger partial charge in [-0.3, -0.25) is 0 Å². The maximum Gasteiger partial charge on any atom is 0.315 e. The van der Waals surface area contributed by atoms with Gasteiger partial charge in [-0.15, -0.1) is 0 Å². The molecule has 0 unspecified atom stereocenters. The van der Waals surface area contributed by atoms with E-state index in [2.05, 4.69) is 10.6 Å². The number of nitrogens with two attached hydrogens (primary N) is 1. The Bertz CT molecular complexity index is 300. The van der Waals surface area contributed by atoms with E-state index in [-0.39, 0.29) is 6.03 Å². The first-order valence-electron chi connectivity index (χ1n) is 5.58. The summed E-state index contributed by atoms with van der Waals surface area (Å²) in [4.78, 5) is 11.3. The topological polar surface area (TPSA) is 67.1 Å². The highest BCUT2D eigenvalue weighted by Crippen LogP contribution is 1.96. The standard InChI is InChI=1S/C12H19N3O/c13-8-4-5-9-14-12(16)15-10-11-6-2-1-3-7-11/h1-3,6-7H,4-5,8-10,13H2,(H2,14,15,16). The molecule has 0 aliphatic rings. The second kappa shape index (κ2) is 7.70. The average molecular weight is 221 g/mol. The smallest absolute Gasteiger partial charge is 0.315 e. The monoisotopic (exact) mass is 221 g/mol. The van der Waals surface area contributed by atoms with Gasteiger partial charge in [0.25, 0.3) is 0 Å². The lowest BCUT2D eigenvalue weighted by atomic mass is 10.2. The van der Waals surface area contributed by atoms with Gasteiger partial charge in [-0.1, -0.05) is 30.3 Å². The molecule has 0 saturated carbocycles. The van der Waals surface area contributed by atoms with E-state index in [4.69, 9.17) is 5.73 Å². The Morgan fingerprint density at radius 3 is 2.56 bits per heavy atom. The number of nitrogens with one attached hydrogen (secondary N) is 2. The van der Waals surface area contributed by atoms with Crippen molar-refractivity contribution >= 4 is 6.03 Å². The van der Waals surface area contributed by atoms with E-state index in [1.807, 2.05) is 30.3 Å². The molecule has 0 heterocycles. The Balaban J connectivity index is 2.11. The number of amides is 2. The number of unbranched alkanes of at least 4 members (excludes halogenated alkanes) is 1. The van der Waals surface area contributed by atoms with Crippen LogP contribution in [-0.4, -0.2) is 19.1 Å². The molecule has 0 aliphatic carbocycles. The van der Waals surface area contributed by atoms with Crippen LogP contribution in [0.15, 0.2) is 30.3 Å². The van der Waals surface area contributed by atoms with Crippen molar-refractivity contribution in [2.24, 2.45) is 5.73 Å². The molecule has 2 amide bonds. The van der Waals surface area contributed by atoms with Crippen molar-refractivity contribution in [3.8, 4) is 0 Å². The van der Waals surface area contributed by atoms with Crippen molar-refractivity contribution in [2.75, 3.05) is 13.1 Å². The van der Waals surface area contributed by atoms with Crippen LogP contribution in [0.5, 0.6) is 0 Å². The van der Waals surface area contributed by atoms with E-state index in [0.717, 1.165) is 18.4 Å². The van der Waals surface area contributed by atoms with Gasteiger partial charge in [0.05, 0.1) is 0 Å². The third kappa shape index (κ3) is 5.36. The minimum atomic E-state index is -0.124. The number of benzene rings is 1. The van der Waals surface area contributed by atoms with Crippen molar-refractivity contribution in [3.63, 3.8) is 0 Å². The van der Waals surface area contributed by atoms with Crippen LogP contribution in [0.3, 0.4) is 0 Å². The van der Waals surface area contributed by atoms with Crippen LogP contribution in [-0.2, 0) is 6.54 Å². The lowest BCUT2D eigenvalue weighted by Gasteiger charge is -2.07. The SMILES string of the molecule is NCCCCNC(=O)NCc1ccccc1. The molecular formula is C12H19N3O. The first-order valence-corrected chi connectivity index (χ1v) is 5.58. The molecule has 0 spiro atoms. The molecule has 0 atom stereocenters. The maximum atomic E-state index is 11.3. The van der Waals surface area contributed by atoms with Gasteiger partial charge in [0.2, 0.25) is 0 Å². The normalized spacial score (nSPS) is 9.81. The summed E-state index contributed by atoms with van der Waals surface area (Å²) in [6, 6.07) is 9.70. The Morgan fingerprint density at radius 1 is 1.12 bits per heavy atom. The first kappa shape index (κ1) is 12.5. The summed E-state index contributed by atoms with van der Waals surface area (Å²) in [6.45, 7) is 1.91. The molecule has 0 saturated heterocycles. The molecule has 88 valence electrons. The predicted molar refractivity (Wildman–Crippen MR) is 65.0 cm³/mol. The van der Waals surface area contributed by atoms with Crippen LogP contribution in [0, 0.1) is 0 Å². The minimum absolute atomic E-state index is 0.124. The van der Waals surface area contributed by atoms with Gasteiger partial charge in [-0.2, -0.15) is 0 Å². The molecule has 1 aromatic rings. The number of hydrogen-bond acceptors (Lipinski definition) is 2. The van der Waals surface area contributed by atoms with E-state index in [1.54, 1.807) is 0 Å². The Labute approximate surface area is 96.2 Å². The van der Waals surface area contributed by atoms with Crippen LogP contribution >= 0.6 is 0 Å². The number of hydrogen-bond donors (Lipinski definition) is 3. The molecule has 4 N–H and O–H groups in total. The molecule has 0 aliphatic heterocycles. The highest BCUT2D eigenvalue weighted by Gasteiger charge is 1.98. The zero-order valence-corrected chi connectivity index (χ0v) is 9.41. The molecule has 4 nitrogen and oxygen atoms in total. The number of carbonyl (C=O) groups excluding carboxylic acids is 1. The molecule has 4 heteroatoms. The van der Waals surface area contributed by atoms with Crippen LogP contribution in [0.2, 0.25) is 0 Å². The van der Waals surface area contributed by atoms with Crippen molar-refractivity contribution < 1.29 is 4.79 Å². The Morgan fingerprint density at radius 2 is 1.88 bits per heavy atom. The molecule has 0 bridgehead atoms. The zero-order chi connectivity index (χ0) is 11.6. The second-order valence-corrected chi connectivity index (χ2v) is 3.59. The van der Waals surface area contributed by atoms with Crippen LogP contribution < -0.4 is 16.4 Å². The van der Waals surface area contributed by atoms with Gasteiger partial charge in [-0.25, -0.2) is 4.79 Å². The van der Waals surface area contributed by atoms with Gasteiger partial charge < -0.3 is 16.4 Å². The van der Waals surface area contributed by atoms with E-state index < -0.39 is 0 Å². The predicted octanol–water partition coefficient (Wildman–Crippen LogP) is 1.22. The van der Waals surface area contributed by atoms with E-state index >= 15 is 0 Å². The van der Waals surface area contributed by atoms with Crippen molar-refractivity contribution in [1.82, 2.24) is 10.6 Å². The zero-order valence-electron chi connectivity index (χ0n) is 9.41. The number of urea groups is 1. The van der Waals surface area contributed by atoms with Crippen molar-refractivity contribution in [3.05, 3.63) is 35.9 Å². The second-order valence-electron chi connectivity index (χ2n) is 3.59. The maximum absolute atomic E-state index is 11.3. The summed E-state index contributed by atoms with van der Waals surface area (Å²) in [7, 11) is 0. The fourth-order valence-corrected chi connectivity index (χ4v) is 1.31. The van der Waals surface area contributed by atoms with E-state index in [1.165, 1.54) is 0 Å². The van der Waals surface area contributed by atoms with Gasteiger partial charge in [-0.05, 0) is 24.9 Å². The molecule has 0 radical (unpaired) electrons. The third-order valence-corrected chi connectivity index (χ3v) is 2.21. The molecule has 16 heavy (non-hydrogen) atoms. The van der Waals surface area contributed by atoms with E-state index in [9.17, 15) is 4.79 Å². The Hall–Kier alpha value is -1.55. The lowest BCUT2D eigenvalue weighted by Crippen LogP contribution is -2.35. The van der Waals surface area contributed by atoms with Crippen molar-refractivity contribution in [1.29, 1.82) is 0 Å². The fraction of sp³-hybridized carbons (Fsp3) is 0.417. The third-order valence-electron chi connectivity index (χ3n) is 2.21. The highest BCUT2D eigenvalue weighted by molar-refractivity contribution is 5.73. The van der Waals surface area contributed by atoms with Gasteiger partial charge in [0, 0.05) is 13.1 Å². The summed E-state index contributed by atoms with van der Waals surface area (Å²) in [5.74, 6) is 0. The Kier molecular flexibility index (Phi) is 6.03. The summed E-state index contributed by atoms with van der Waals surface area (Å²) < 4.78 is 0. The van der Waals surface area contributed by atoms with Gasteiger partial charge in [0.15, 0.2) is 0 Å². The average Bonchev–Trinajstić information content (AvgIpc) is 2.33. The summed E-state index contributed by atoms with van der Waals surface area (Å²) in [5, 5.41) is 5.58.